The molecule has 1 atom stereocenters. The van der Waals surface area contributed by atoms with Gasteiger partial charge in [-0.2, -0.15) is 0 Å². The second-order valence-electron chi connectivity index (χ2n) is 5.64. The van der Waals surface area contributed by atoms with E-state index in [1.807, 2.05) is 17.9 Å². The Morgan fingerprint density at radius 2 is 2.19 bits per heavy atom. The first-order valence-electron chi connectivity index (χ1n) is 7.37. The van der Waals surface area contributed by atoms with Crippen molar-refractivity contribution in [1.82, 2.24) is 25.2 Å². The summed E-state index contributed by atoms with van der Waals surface area (Å²) >= 11 is 1.75. The topological polar surface area (TPSA) is 53.9 Å². The second-order valence-corrected chi connectivity index (χ2v) is 6.58. The lowest BCUT2D eigenvalue weighted by Gasteiger charge is -2.24. The van der Waals surface area contributed by atoms with E-state index in [-0.39, 0.29) is 0 Å². The van der Waals surface area contributed by atoms with Crippen LogP contribution in [0.3, 0.4) is 0 Å². The molecule has 0 bridgehead atoms. The second kappa shape index (κ2) is 7.06. The Morgan fingerprint density at radius 3 is 2.86 bits per heavy atom. The van der Waals surface area contributed by atoms with Crippen LogP contribution in [0.25, 0.3) is 0 Å². The van der Waals surface area contributed by atoms with Crippen LogP contribution in [0, 0.1) is 12.8 Å². The molecular weight excluding hydrogens is 282 g/mol. The van der Waals surface area contributed by atoms with E-state index in [1.54, 1.807) is 17.7 Å². The van der Waals surface area contributed by atoms with Crippen molar-refractivity contribution in [2.75, 3.05) is 19.6 Å². The number of aryl methyl sites for hydroxylation is 1. The largest absolute Gasteiger partial charge is 0.316 e. The first kappa shape index (κ1) is 14.6. The van der Waals surface area contributed by atoms with Crippen molar-refractivity contribution < 1.29 is 0 Å². The Labute approximate surface area is 129 Å². The normalized spacial score (nSPS) is 18.5. The fourth-order valence-electron chi connectivity index (χ4n) is 2.77. The van der Waals surface area contributed by atoms with Crippen LogP contribution in [0.2, 0.25) is 0 Å². The summed E-state index contributed by atoms with van der Waals surface area (Å²) in [6.07, 6.45) is 6.67. The SMILES string of the molecule is Cc1ncsc1CN(Cc1cncnc1)CC1CCNC1. The van der Waals surface area contributed by atoms with Crippen LogP contribution in [0.1, 0.15) is 22.6 Å². The number of hydrogen-bond donors (Lipinski definition) is 1. The van der Waals surface area contributed by atoms with E-state index in [0.717, 1.165) is 44.3 Å². The van der Waals surface area contributed by atoms with Crippen LogP contribution in [0.5, 0.6) is 0 Å². The maximum Gasteiger partial charge on any atom is 0.115 e. The molecule has 3 rings (SSSR count). The van der Waals surface area contributed by atoms with E-state index >= 15 is 0 Å². The summed E-state index contributed by atoms with van der Waals surface area (Å²) < 4.78 is 0. The van der Waals surface area contributed by atoms with E-state index in [9.17, 15) is 0 Å². The fraction of sp³-hybridized carbons (Fsp3) is 0.533. The molecule has 5 nitrogen and oxygen atoms in total. The molecular formula is C15H21N5S. The van der Waals surface area contributed by atoms with Crippen molar-refractivity contribution >= 4 is 11.3 Å². The van der Waals surface area contributed by atoms with Gasteiger partial charge in [-0.3, -0.25) is 4.90 Å². The predicted octanol–water partition coefficient (Wildman–Crippen LogP) is 1.85. The highest BCUT2D eigenvalue weighted by molar-refractivity contribution is 7.09. The molecule has 0 aromatic carbocycles. The molecule has 2 aromatic heterocycles. The molecule has 3 heterocycles. The molecule has 0 radical (unpaired) electrons. The maximum absolute atomic E-state index is 4.36. The van der Waals surface area contributed by atoms with Crippen LogP contribution in [0.15, 0.2) is 24.2 Å². The van der Waals surface area contributed by atoms with Crippen LogP contribution in [-0.2, 0) is 13.1 Å². The van der Waals surface area contributed by atoms with Gasteiger partial charge in [-0.05, 0) is 32.4 Å². The molecule has 1 N–H and O–H groups in total. The first-order valence-corrected chi connectivity index (χ1v) is 8.25. The summed E-state index contributed by atoms with van der Waals surface area (Å²) in [5, 5.41) is 3.45. The smallest absolute Gasteiger partial charge is 0.115 e. The predicted molar refractivity (Wildman–Crippen MR) is 84.0 cm³/mol. The quantitative estimate of drug-likeness (QED) is 0.882. The summed E-state index contributed by atoms with van der Waals surface area (Å²) in [7, 11) is 0. The van der Waals surface area contributed by atoms with Gasteiger partial charge in [0.2, 0.25) is 0 Å². The average Bonchev–Trinajstić information content (AvgIpc) is 3.13. The molecule has 1 saturated heterocycles. The van der Waals surface area contributed by atoms with Gasteiger partial charge in [0, 0.05) is 42.5 Å². The third-order valence-corrected chi connectivity index (χ3v) is 4.83. The van der Waals surface area contributed by atoms with Gasteiger partial charge in [0.15, 0.2) is 0 Å². The summed E-state index contributed by atoms with van der Waals surface area (Å²) in [6, 6.07) is 0. The van der Waals surface area contributed by atoms with E-state index in [0.29, 0.717) is 0 Å². The van der Waals surface area contributed by atoms with E-state index in [4.69, 9.17) is 0 Å². The Bertz CT molecular complexity index is 550. The lowest BCUT2D eigenvalue weighted by molar-refractivity contribution is 0.221. The minimum Gasteiger partial charge on any atom is -0.316 e. The third-order valence-electron chi connectivity index (χ3n) is 3.91. The molecule has 1 aliphatic heterocycles. The highest BCUT2D eigenvalue weighted by atomic mass is 32.1. The van der Waals surface area contributed by atoms with Gasteiger partial charge in [0.1, 0.15) is 6.33 Å². The van der Waals surface area contributed by atoms with Gasteiger partial charge < -0.3 is 5.32 Å². The zero-order valence-electron chi connectivity index (χ0n) is 12.3. The molecule has 1 fully saturated rings. The minimum absolute atomic E-state index is 0.739. The van der Waals surface area contributed by atoms with Gasteiger partial charge in [-0.15, -0.1) is 11.3 Å². The van der Waals surface area contributed by atoms with E-state index < -0.39 is 0 Å². The van der Waals surface area contributed by atoms with Gasteiger partial charge in [-0.25, -0.2) is 15.0 Å². The molecule has 1 unspecified atom stereocenters. The van der Waals surface area contributed by atoms with Crippen LogP contribution >= 0.6 is 11.3 Å². The van der Waals surface area contributed by atoms with Crippen molar-refractivity contribution in [3.8, 4) is 0 Å². The van der Waals surface area contributed by atoms with Gasteiger partial charge >= 0.3 is 0 Å². The summed E-state index contributed by atoms with van der Waals surface area (Å²) in [6.45, 7) is 7.33. The van der Waals surface area contributed by atoms with E-state index in [2.05, 4.69) is 32.1 Å². The van der Waals surface area contributed by atoms with Crippen molar-refractivity contribution in [2.45, 2.75) is 26.4 Å². The Balaban J connectivity index is 1.69. The number of rotatable bonds is 6. The maximum atomic E-state index is 4.36. The lowest BCUT2D eigenvalue weighted by Crippen LogP contribution is -2.30. The van der Waals surface area contributed by atoms with Crippen LogP contribution in [-0.4, -0.2) is 39.5 Å². The Hall–Kier alpha value is -1.37. The number of thiazole rings is 1. The number of nitrogens with one attached hydrogen (secondary N) is 1. The van der Waals surface area contributed by atoms with Crippen LogP contribution < -0.4 is 5.32 Å². The molecule has 1 aliphatic rings. The highest BCUT2D eigenvalue weighted by Crippen LogP contribution is 2.19. The Morgan fingerprint density at radius 1 is 1.33 bits per heavy atom. The van der Waals surface area contributed by atoms with Crippen molar-refractivity contribution in [3.05, 3.63) is 40.4 Å². The van der Waals surface area contributed by atoms with Gasteiger partial charge in [-0.1, -0.05) is 0 Å². The number of nitrogens with zero attached hydrogens (tertiary/aromatic N) is 4. The summed E-state index contributed by atoms with van der Waals surface area (Å²) in [5.74, 6) is 0.739. The number of hydrogen-bond acceptors (Lipinski definition) is 6. The molecule has 6 heteroatoms. The molecule has 0 aliphatic carbocycles. The fourth-order valence-corrected chi connectivity index (χ4v) is 3.59. The summed E-state index contributed by atoms with van der Waals surface area (Å²) in [5.41, 5.74) is 4.26. The molecule has 0 saturated carbocycles. The van der Waals surface area contributed by atoms with Gasteiger partial charge in [0.25, 0.3) is 0 Å². The van der Waals surface area contributed by atoms with Gasteiger partial charge in [0.05, 0.1) is 11.2 Å². The standard InChI is InChI=1S/C15H21N5S/c1-12-15(21-11-19-12)9-20(7-13-2-3-16-4-13)8-14-5-17-10-18-6-14/h5-6,10-11,13,16H,2-4,7-9H2,1H3. The molecule has 112 valence electrons. The highest BCUT2D eigenvalue weighted by Gasteiger charge is 2.19. The monoisotopic (exact) mass is 303 g/mol. The average molecular weight is 303 g/mol. The first-order chi connectivity index (χ1) is 10.3. The zero-order valence-corrected chi connectivity index (χ0v) is 13.1. The minimum atomic E-state index is 0.739. The Kier molecular flexibility index (Phi) is 4.90. The molecule has 0 spiro atoms. The van der Waals surface area contributed by atoms with Crippen LogP contribution in [0.4, 0.5) is 0 Å². The lowest BCUT2D eigenvalue weighted by atomic mass is 10.1. The molecule has 0 amide bonds. The number of aromatic nitrogens is 3. The summed E-state index contributed by atoms with van der Waals surface area (Å²) in [4.78, 5) is 16.5. The van der Waals surface area contributed by atoms with Crippen molar-refractivity contribution in [3.63, 3.8) is 0 Å². The third kappa shape index (κ3) is 4.06. The van der Waals surface area contributed by atoms with Crippen molar-refractivity contribution in [2.24, 2.45) is 5.92 Å². The van der Waals surface area contributed by atoms with Crippen molar-refractivity contribution in [1.29, 1.82) is 0 Å². The molecule has 2 aromatic rings. The molecule has 21 heavy (non-hydrogen) atoms. The zero-order chi connectivity index (χ0) is 14.5. The van der Waals surface area contributed by atoms with E-state index in [1.165, 1.54) is 16.9 Å².